The molecule has 1 spiro atoms. The van der Waals surface area contributed by atoms with Crippen molar-refractivity contribution in [1.82, 2.24) is 15.1 Å². The molecule has 0 radical (unpaired) electrons. The number of hydrogen-bond acceptors (Lipinski definition) is 6. The number of methoxy groups -OCH3 is 1. The first-order chi connectivity index (χ1) is 16.0. The first-order valence-corrected chi connectivity index (χ1v) is 10.4. The molecule has 10 heteroatoms. The van der Waals surface area contributed by atoms with Gasteiger partial charge in [-0.25, -0.2) is 14.0 Å². The van der Waals surface area contributed by atoms with Crippen LogP contribution in [-0.2, 0) is 14.2 Å². The molecule has 2 aromatic rings. The summed E-state index contributed by atoms with van der Waals surface area (Å²) in [5, 5.41) is 10.4. The van der Waals surface area contributed by atoms with Gasteiger partial charge in [0, 0.05) is 24.3 Å². The number of allylic oxidation sites excluding steroid dienone is 2. The van der Waals surface area contributed by atoms with Gasteiger partial charge in [0.25, 0.3) is 0 Å². The lowest BCUT2D eigenvalue weighted by Crippen LogP contribution is -2.48. The van der Waals surface area contributed by atoms with Crippen molar-refractivity contribution in [2.24, 2.45) is 0 Å². The molecule has 2 amide bonds. The second-order valence-electron chi connectivity index (χ2n) is 7.90. The molecule has 33 heavy (non-hydrogen) atoms. The standard InChI is InChI=1S/C23H21FN4O5/c1-31-22(30)28-19-4-2-3-17(16(19)13-25-28)26-21(29)27-18-12-23(7-9-32-10-8-23)33-20-11-14(24)5-6-15(18)20/h2-4,7-11,13,18H,5-6,12H2,1H3,(H2,26,27,29). The van der Waals surface area contributed by atoms with Gasteiger partial charge in [0.2, 0.25) is 0 Å². The minimum atomic E-state index is -0.842. The molecule has 2 aliphatic heterocycles. The quantitative estimate of drug-likeness (QED) is 0.706. The van der Waals surface area contributed by atoms with Crippen LogP contribution in [0.25, 0.3) is 10.9 Å². The molecule has 0 saturated heterocycles. The smallest absolute Gasteiger partial charge is 0.434 e. The number of rotatable bonds is 2. The zero-order valence-electron chi connectivity index (χ0n) is 17.7. The number of halogens is 1. The van der Waals surface area contributed by atoms with Gasteiger partial charge in [0.05, 0.1) is 43.1 Å². The lowest BCUT2D eigenvalue weighted by molar-refractivity contribution is 0.0511. The summed E-state index contributed by atoms with van der Waals surface area (Å²) in [6, 6.07) is 4.29. The highest BCUT2D eigenvalue weighted by Crippen LogP contribution is 2.41. The Morgan fingerprint density at radius 1 is 1.27 bits per heavy atom. The van der Waals surface area contributed by atoms with Crippen molar-refractivity contribution in [3.63, 3.8) is 0 Å². The highest BCUT2D eigenvalue weighted by atomic mass is 19.1. The zero-order valence-corrected chi connectivity index (χ0v) is 17.7. The Morgan fingerprint density at radius 2 is 2.09 bits per heavy atom. The fraction of sp³-hybridized carbons (Fsp3) is 0.261. The Labute approximate surface area is 188 Å². The van der Waals surface area contributed by atoms with Crippen LogP contribution in [0.4, 0.5) is 19.7 Å². The van der Waals surface area contributed by atoms with Crippen LogP contribution in [0.2, 0.25) is 0 Å². The molecular weight excluding hydrogens is 431 g/mol. The molecule has 0 bridgehead atoms. The first kappa shape index (κ1) is 20.8. The molecule has 0 fully saturated rings. The predicted molar refractivity (Wildman–Crippen MR) is 117 cm³/mol. The van der Waals surface area contributed by atoms with Crippen LogP contribution in [0.1, 0.15) is 19.3 Å². The van der Waals surface area contributed by atoms with Crippen LogP contribution in [-0.4, -0.2) is 40.7 Å². The van der Waals surface area contributed by atoms with Gasteiger partial charge < -0.3 is 24.8 Å². The van der Waals surface area contributed by atoms with E-state index in [2.05, 4.69) is 15.7 Å². The fourth-order valence-electron chi connectivity index (χ4n) is 4.27. The third-order valence-electron chi connectivity index (χ3n) is 5.85. The average Bonchev–Trinajstić information content (AvgIpc) is 3.24. The lowest BCUT2D eigenvalue weighted by atomic mass is 9.83. The maximum Gasteiger partial charge on any atom is 0.434 e. The lowest BCUT2D eigenvalue weighted by Gasteiger charge is -2.41. The van der Waals surface area contributed by atoms with Crippen molar-refractivity contribution >= 4 is 28.7 Å². The van der Waals surface area contributed by atoms with Crippen molar-refractivity contribution in [2.75, 3.05) is 12.4 Å². The largest absolute Gasteiger partial charge is 0.479 e. The molecule has 1 aromatic heterocycles. The maximum atomic E-state index is 14.0. The molecule has 0 saturated carbocycles. The van der Waals surface area contributed by atoms with Gasteiger partial charge in [-0.1, -0.05) is 6.07 Å². The summed E-state index contributed by atoms with van der Waals surface area (Å²) in [5.41, 5.74) is 0.976. The number of anilines is 1. The van der Waals surface area contributed by atoms with Gasteiger partial charge in [-0.05, 0) is 36.3 Å². The van der Waals surface area contributed by atoms with E-state index >= 15 is 0 Å². The molecular formula is C23H21FN4O5. The number of urea groups is 1. The van der Waals surface area contributed by atoms with E-state index in [1.165, 1.54) is 31.9 Å². The summed E-state index contributed by atoms with van der Waals surface area (Å²) in [7, 11) is 1.27. The number of nitrogens with zero attached hydrogens (tertiary/aromatic N) is 2. The Bertz CT molecular complexity index is 1250. The van der Waals surface area contributed by atoms with Gasteiger partial charge in [0.1, 0.15) is 11.6 Å². The van der Waals surface area contributed by atoms with Crippen molar-refractivity contribution in [3.05, 3.63) is 72.3 Å². The fourth-order valence-corrected chi connectivity index (χ4v) is 4.27. The number of fused-ring (bicyclic) bond motifs is 1. The zero-order chi connectivity index (χ0) is 23.0. The molecule has 170 valence electrons. The van der Waals surface area contributed by atoms with Crippen molar-refractivity contribution in [2.45, 2.75) is 30.9 Å². The van der Waals surface area contributed by atoms with E-state index in [0.29, 0.717) is 35.2 Å². The Morgan fingerprint density at radius 3 is 2.88 bits per heavy atom. The third-order valence-corrected chi connectivity index (χ3v) is 5.85. The Balaban J connectivity index is 1.40. The predicted octanol–water partition coefficient (Wildman–Crippen LogP) is 4.26. The van der Waals surface area contributed by atoms with E-state index in [0.717, 1.165) is 10.3 Å². The van der Waals surface area contributed by atoms with E-state index < -0.39 is 17.7 Å². The van der Waals surface area contributed by atoms with Gasteiger partial charge in [-0.15, -0.1) is 0 Å². The molecule has 9 nitrogen and oxygen atoms in total. The second-order valence-corrected chi connectivity index (χ2v) is 7.90. The summed E-state index contributed by atoms with van der Waals surface area (Å²) >= 11 is 0. The molecule has 1 atom stereocenters. The van der Waals surface area contributed by atoms with Crippen molar-refractivity contribution in [3.8, 4) is 0 Å². The molecule has 5 rings (SSSR count). The number of ether oxygens (including phenoxy) is 3. The third kappa shape index (κ3) is 3.84. The minimum absolute atomic E-state index is 0.260. The topological polar surface area (TPSA) is 104 Å². The van der Waals surface area contributed by atoms with Gasteiger partial charge in [-0.2, -0.15) is 9.78 Å². The number of amides is 2. The first-order valence-electron chi connectivity index (χ1n) is 10.4. The Hall–Kier alpha value is -4.08. The normalized spacial score (nSPS) is 20.5. The highest BCUT2D eigenvalue weighted by molar-refractivity contribution is 6.02. The summed E-state index contributed by atoms with van der Waals surface area (Å²) in [6.45, 7) is 0. The van der Waals surface area contributed by atoms with Gasteiger partial charge in [0.15, 0.2) is 5.60 Å². The number of benzene rings is 1. The van der Waals surface area contributed by atoms with Crippen LogP contribution in [0, 0.1) is 0 Å². The summed E-state index contributed by atoms with van der Waals surface area (Å²) < 4.78 is 31.0. The van der Waals surface area contributed by atoms with E-state index in [4.69, 9.17) is 14.2 Å². The number of aromatic nitrogens is 2. The van der Waals surface area contributed by atoms with Crippen molar-refractivity contribution in [1.29, 1.82) is 0 Å². The van der Waals surface area contributed by atoms with Crippen LogP contribution < -0.4 is 10.6 Å². The van der Waals surface area contributed by atoms with Gasteiger partial charge >= 0.3 is 12.1 Å². The maximum absolute atomic E-state index is 14.0. The monoisotopic (exact) mass is 452 g/mol. The Kier molecular flexibility index (Phi) is 5.12. The van der Waals surface area contributed by atoms with E-state index in [-0.39, 0.29) is 18.3 Å². The number of hydrogen-bond donors (Lipinski definition) is 2. The van der Waals surface area contributed by atoms with E-state index in [1.807, 2.05) is 0 Å². The number of carbonyl (C=O) groups is 2. The highest BCUT2D eigenvalue weighted by Gasteiger charge is 2.41. The van der Waals surface area contributed by atoms with E-state index in [9.17, 15) is 14.0 Å². The van der Waals surface area contributed by atoms with Crippen LogP contribution in [0.3, 0.4) is 0 Å². The molecule has 1 aromatic carbocycles. The molecule has 1 aliphatic carbocycles. The van der Waals surface area contributed by atoms with Crippen LogP contribution in [0.5, 0.6) is 0 Å². The van der Waals surface area contributed by atoms with E-state index in [1.54, 1.807) is 30.4 Å². The number of carbonyl (C=O) groups excluding carboxylic acids is 2. The molecule has 2 N–H and O–H groups in total. The second kappa shape index (κ2) is 8.12. The number of nitrogens with one attached hydrogen (secondary N) is 2. The summed E-state index contributed by atoms with van der Waals surface area (Å²) in [5.74, 6) is 0.163. The molecule has 1 unspecified atom stereocenters. The van der Waals surface area contributed by atoms with Crippen molar-refractivity contribution < 1.29 is 28.2 Å². The SMILES string of the molecule is COC(=O)n1ncc2c(NC(=O)NC3CC4(C=COC=C4)OC4=C3CCC(F)=C4)cccc21. The summed E-state index contributed by atoms with van der Waals surface area (Å²) in [4.78, 5) is 24.9. The van der Waals surface area contributed by atoms with Crippen LogP contribution in [0.15, 0.2) is 72.3 Å². The molecule has 3 aliphatic rings. The van der Waals surface area contributed by atoms with Gasteiger partial charge in [-0.3, -0.25) is 0 Å². The summed E-state index contributed by atoms with van der Waals surface area (Å²) in [6.07, 6.45) is 9.86. The average molecular weight is 452 g/mol. The van der Waals surface area contributed by atoms with Crippen LogP contribution >= 0.6 is 0 Å². The molecule has 3 heterocycles. The minimum Gasteiger partial charge on any atom is -0.479 e.